The van der Waals surface area contributed by atoms with Crippen LogP contribution in [0.15, 0.2) is 42.5 Å². The van der Waals surface area contributed by atoms with Crippen LogP contribution < -0.4 is 15.4 Å². The fourth-order valence-corrected chi connectivity index (χ4v) is 3.53. The first-order chi connectivity index (χ1) is 13.1. The number of amides is 3. The van der Waals surface area contributed by atoms with E-state index in [-0.39, 0.29) is 17.7 Å². The quantitative estimate of drug-likeness (QED) is 0.875. The van der Waals surface area contributed by atoms with Gasteiger partial charge in [-0.1, -0.05) is 6.07 Å². The zero-order valence-electron chi connectivity index (χ0n) is 14.8. The molecule has 7 nitrogen and oxygen atoms in total. The molecule has 2 aliphatic rings. The van der Waals surface area contributed by atoms with Crippen LogP contribution in [0.3, 0.4) is 0 Å². The van der Waals surface area contributed by atoms with Crippen LogP contribution in [-0.4, -0.2) is 42.3 Å². The summed E-state index contributed by atoms with van der Waals surface area (Å²) in [7, 11) is 1.54. The maximum absolute atomic E-state index is 12.9. The van der Waals surface area contributed by atoms with Crippen LogP contribution in [0.4, 0.5) is 11.4 Å². The number of nitrogens with zero attached hydrogens (tertiary/aromatic N) is 1. The Hall–Kier alpha value is -3.35. The molecule has 0 unspecified atom stereocenters. The number of hydrogen-bond acceptors (Lipinski definition) is 4. The summed E-state index contributed by atoms with van der Waals surface area (Å²) in [5, 5.41) is 5.61. The normalized spacial score (nSPS) is 18.3. The molecule has 2 aromatic carbocycles. The molecule has 1 saturated heterocycles. The Balaban J connectivity index is 1.61. The lowest BCUT2D eigenvalue weighted by Crippen LogP contribution is -2.40. The van der Waals surface area contributed by atoms with Crippen molar-refractivity contribution >= 4 is 29.1 Å². The summed E-state index contributed by atoms with van der Waals surface area (Å²) in [6, 6.07) is 11.3. The van der Waals surface area contributed by atoms with Crippen molar-refractivity contribution in [3.05, 3.63) is 53.6 Å². The van der Waals surface area contributed by atoms with Gasteiger partial charge in [0.2, 0.25) is 5.91 Å². The van der Waals surface area contributed by atoms with Crippen LogP contribution in [0.5, 0.6) is 5.75 Å². The van der Waals surface area contributed by atoms with Crippen molar-refractivity contribution < 1.29 is 19.1 Å². The highest BCUT2D eigenvalue weighted by Gasteiger charge is 2.38. The molecular weight excluding hydrogens is 346 g/mol. The van der Waals surface area contributed by atoms with E-state index in [1.54, 1.807) is 47.4 Å². The number of anilines is 2. The van der Waals surface area contributed by atoms with Crippen molar-refractivity contribution in [1.82, 2.24) is 4.90 Å². The van der Waals surface area contributed by atoms with E-state index in [0.717, 1.165) is 6.42 Å². The summed E-state index contributed by atoms with van der Waals surface area (Å²) in [4.78, 5) is 39.3. The molecule has 0 bridgehead atoms. The van der Waals surface area contributed by atoms with Gasteiger partial charge < -0.3 is 20.3 Å². The van der Waals surface area contributed by atoms with Gasteiger partial charge in [0.25, 0.3) is 11.8 Å². The standard InChI is InChI=1S/C20H19N3O4/c1-27-14-5-2-4-12(10-14)18(24)21-13-7-8-16-15(11-13)20(26)23-9-3-6-17(23)19(25)22-16/h2,4-5,7-8,10-11,17H,3,6,9H2,1H3,(H,21,24)(H,22,25)/t17-/m0/s1. The number of benzene rings is 2. The number of methoxy groups -OCH3 is 1. The van der Waals surface area contributed by atoms with Crippen molar-refractivity contribution in [1.29, 1.82) is 0 Å². The van der Waals surface area contributed by atoms with Gasteiger partial charge in [0.1, 0.15) is 11.8 Å². The van der Waals surface area contributed by atoms with E-state index in [0.29, 0.717) is 41.2 Å². The van der Waals surface area contributed by atoms with Gasteiger partial charge >= 0.3 is 0 Å². The first-order valence-electron chi connectivity index (χ1n) is 8.78. The largest absolute Gasteiger partial charge is 0.497 e. The molecule has 3 amide bonds. The maximum atomic E-state index is 12.9. The molecule has 4 rings (SSSR count). The van der Waals surface area contributed by atoms with Crippen molar-refractivity contribution in [2.45, 2.75) is 18.9 Å². The highest BCUT2D eigenvalue weighted by molar-refractivity contribution is 6.11. The van der Waals surface area contributed by atoms with E-state index < -0.39 is 6.04 Å². The fourth-order valence-electron chi connectivity index (χ4n) is 3.53. The number of hydrogen-bond donors (Lipinski definition) is 2. The molecule has 27 heavy (non-hydrogen) atoms. The van der Waals surface area contributed by atoms with Gasteiger partial charge in [-0.05, 0) is 49.2 Å². The van der Waals surface area contributed by atoms with E-state index in [1.165, 1.54) is 7.11 Å². The Kier molecular flexibility index (Phi) is 4.27. The Morgan fingerprint density at radius 1 is 1.22 bits per heavy atom. The van der Waals surface area contributed by atoms with Crippen molar-refractivity contribution in [3.63, 3.8) is 0 Å². The predicted octanol–water partition coefficient (Wildman–Crippen LogP) is 2.50. The molecule has 2 aromatic rings. The van der Waals surface area contributed by atoms with E-state index >= 15 is 0 Å². The van der Waals surface area contributed by atoms with Crippen LogP contribution in [-0.2, 0) is 4.79 Å². The van der Waals surface area contributed by atoms with Gasteiger partial charge in [0.15, 0.2) is 0 Å². The minimum absolute atomic E-state index is 0.159. The Morgan fingerprint density at radius 3 is 2.89 bits per heavy atom. The smallest absolute Gasteiger partial charge is 0.256 e. The third-order valence-corrected chi connectivity index (χ3v) is 4.91. The molecular formula is C20H19N3O4. The van der Waals surface area contributed by atoms with Gasteiger partial charge in [-0.2, -0.15) is 0 Å². The van der Waals surface area contributed by atoms with Gasteiger partial charge in [-0.15, -0.1) is 0 Å². The summed E-state index contributed by atoms with van der Waals surface area (Å²) in [5.74, 6) is -0.0726. The Labute approximate surface area is 156 Å². The molecule has 2 N–H and O–H groups in total. The highest BCUT2D eigenvalue weighted by atomic mass is 16.5. The van der Waals surface area contributed by atoms with Crippen LogP contribution in [0.1, 0.15) is 33.6 Å². The molecule has 138 valence electrons. The minimum atomic E-state index is -0.417. The second-order valence-electron chi connectivity index (χ2n) is 6.59. The summed E-state index contributed by atoms with van der Waals surface area (Å²) in [6.07, 6.45) is 1.48. The second-order valence-corrected chi connectivity index (χ2v) is 6.59. The highest BCUT2D eigenvalue weighted by Crippen LogP contribution is 2.30. The Morgan fingerprint density at radius 2 is 2.07 bits per heavy atom. The molecule has 0 spiro atoms. The molecule has 0 aliphatic carbocycles. The lowest BCUT2D eigenvalue weighted by Gasteiger charge is -2.20. The summed E-state index contributed by atoms with van der Waals surface area (Å²) < 4.78 is 5.14. The van der Waals surface area contributed by atoms with E-state index in [4.69, 9.17) is 4.74 Å². The summed E-state index contributed by atoms with van der Waals surface area (Å²) >= 11 is 0. The zero-order valence-corrected chi connectivity index (χ0v) is 14.8. The first kappa shape index (κ1) is 17.1. The minimum Gasteiger partial charge on any atom is -0.497 e. The van der Waals surface area contributed by atoms with E-state index in [1.807, 2.05) is 0 Å². The third kappa shape index (κ3) is 3.12. The molecule has 2 heterocycles. The Bertz CT molecular complexity index is 941. The summed E-state index contributed by atoms with van der Waals surface area (Å²) in [5.41, 5.74) is 1.79. The molecule has 1 atom stereocenters. The van der Waals surface area contributed by atoms with E-state index in [2.05, 4.69) is 10.6 Å². The average Bonchev–Trinajstić information content (AvgIpc) is 3.15. The topological polar surface area (TPSA) is 87.7 Å². The number of carbonyl (C=O) groups is 3. The zero-order chi connectivity index (χ0) is 19.0. The van der Waals surface area contributed by atoms with Gasteiger partial charge in [0, 0.05) is 17.8 Å². The number of carbonyl (C=O) groups excluding carboxylic acids is 3. The van der Waals surface area contributed by atoms with Gasteiger partial charge in [-0.25, -0.2) is 0 Å². The van der Waals surface area contributed by atoms with Crippen molar-refractivity contribution in [3.8, 4) is 5.75 Å². The molecule has 0 aromatic heterocycles. The van der Waals surface area contributed by atoms with Crippen LogP contribution >= 0.6 is 0 Å². The van der Waals surface area contributed by atoms with Crippen molar-refractivity contribution in [2.75, 3.05) is 24.3 Å². The monoisotopic (exact) mass is 365 g/mol. The number of ether oxygens (including phenoxy) is 1. The van der Waals surface area contributed by atoms with Crippen LogP contribution in [0, 0.1) is 0 Å². The number of rotatable bonds is 3. The van der Waals surface area contributed by atoms with Gasteiger partial charge in [-0.3, -0.25) is 14.4 Å². The molecule has 2 aliphatic heterocycles. The predicted molar refractivity (Wildman–Crippen MR) is 100 cm³/mol. The number of fused-ring (bicyclic) bond motifs is 2. The first-order valence-corrected chi connectivity index (χ1v) is 8.78. The molecule has 1 fully saturated rings. The van der Waals surface area contributed by atoms with Crippen LogP contribution in [0.2, 0.25) is 0 Å². The SMILES string of the molecule is COc1cccc(C(=O)Nc2ccc3c(c2)C(=O)N2CCC[C@H]2C(=O)N3)c1. The summed E-state index contributed by atoms with van der Waals surface area (Å²) in [6.45, 7) is 0.566. The average molecular weight is 365 g/mol. The molecule has 7 heteroatoms. The van der Waals surface area contributed by atoms with Gasteiger partial charge in [0.05, 0.1) is 18.4 Å². The third-order valence-electron chi connectivity index (χ3n) is 4.91. The maximum Gasteiger partial charge on any atom is 0.256 e. The lowest BCUT2D eigenvalue weighted by atomic mass is 10.1. The second kappa shape index (κ2) is 6.75. The van der Waals surface area contributed by atoms with E-state index in [9.17, 15) is 14.4 Å². The molecule has 0 radical (unpaired) electrons. The fraction of sp³-hybridized carbons (Fsp3) is 0.250. The van der Waals surface area contributed by atoms with Crippen LogP contribution in [0.25, 0.3) is 0 Å². The number of nitrogens with one attached hydrogen (secondary N) is 2. The lowest BCUT2D eigenvalue weighted by molar-refractivity contribution is -0.119. The molecule has 0 saturated carbocycles. The van der Waals surface area contributed by atoms with Crippen molar-refractivity contribution in [2.24, 2.45) is 0 Å².